The van der Waals surface area contributed by atoms with Crippen molar-refractivity contribution in [1.29, 1.82) is 0 Å². The Morgan fingerprint density at radius 1 is 1.40 bits per heavy atom. The Bertz CT molecular complexity index is 514. The number of hydrogen-bond acceptors (Lipinski definition) is 3. The molecule has 1 aliphatic carbocycles. The first-order chi connectivity index (χ1) is 9.69. The number of piperidine rings is 1. The van der Waals surface area contributed by atoms with Gasteiger partial charge < -0.3 is 9.84 Å². The molecule has 1 aromatic rings. The van der Waals surface area contributed by atoms with Crippen molar-refractivity contribution >= 4 is 5.97 Å². The number of nitrogens with zero attached hydrogens (tertiary/aromatic N) is 1. The highest BCUT2D eigenvalue weighted by Crippen LogP contribution is 2.39. The zero-order valence-corrected chi connectivity index (χ0v) is 11.8. The summed E-state index contributed by atoms with van der Waals surface area (Å²) in [4.78, 5) is 13.6. The number of carbonyl (C=O) groups is 1. The third-order valence-electron chi connectivity index (χ3n) is 4.64. The summed E-state index contributed by atoms with van der Waals surface area (Å²) in [6, 6.07) is 6.64. The summed E-state index contributed by atoms with van der Waals surface area (Å²) < 4.78 is 5.32. The molecule has 0 spiro atoms. The second-order valence-corrected chi connectivity index (χ2v) is 5.79. The van der Waals surface area contributed by atoms with Gasteiger partial charge >= 0.3 is 5.97 Å². The Hall–Kier alpha value is -1.55. The first kappa shape index (κ1) is 13.4. The number of rotatable bonds is 3. The number of aryl methyl sites for hydroxylation is 1. The fraction of sp³-hybridized carbons (Fsp3) is 0.562. The summed E-state index contributed by atoms with van der Waals surface area (Å²) in [5, 5.41) is 9.23. The number of aliphatic carboxylic acids is 1. The van der Waals surface area contributed by atoms with Gasteiger partial charge in [0, 0.05) is 12.6 Å². The molecule has 108 valence electrons. The van der Waals surface area contributed by atoms with E-state index in [9.17, 15) is 9.90 Å². The van der Waals surface area contributed by atoms with Gasteiger partial charge in [-0.2, -0.15) is 0 Å². The fourth-order valence-corrected chi connectivity index (χ4v) is 3.56. The summed E-state index contributed by atoms with van der Waals surface area (Å²) in [6.07, 6.45) is 3.96. The van der Waals surface area contributed by atoms with Gasteiger partial charge in [0.25, 0.3) is 0 Å². The molecular weight excluding hydrogens is 254 g/mol. The molecule has 2 unspecified atom stereocenters. The van der Waals surface area contributed by atoms with Crippen LogP contribution < -0.4 is 4.74 Å². The molecular formula is C16H21NO3. The van der Waals surface area contributed by atoms with E-state index < -0.39 is 5.97 Å². The Balaban J connectivity index is 1.81. The predicted octanol–water partition coefficient (Wildman–Crippen LogP) is 2.48. The molecule has 1 saturated heterocycles. The molecule has 0 aromatic heterocycles. The largest absolute Gasteiger partial charge is 0.497 e. The van der Waals surface area contributed by atoms with Crippen LogP contribution in [0.4, 0.5) is 0 Å². The van der Waals surface area contributed by atoms with Crippen LogP contribution in [-0.4, -0.2) is 36.2 Å². The number of likely N-dealkylation sites (tertiary alicyclic amines) is 1. The van der Waals surface area contributed by atoms with Crippen molar-refractivity contribution in [3.8, 4) is 5.75 Å². The highest BCUT2D eigenvalue weighted by molar-refractivity contribution is 5.70. The SMILES string of the molecule is COc1ccc2c(c1)C(N1CCCC(C(=O)O)C1)CC2. The van der Waals surface area contributed by atoms with Gasteiger partial charge in [0.15, 0.2) is 0 Å². The first-order valence-corrected chi connectivity index (χ1v) is 7.32. The van der Waals surface area contributed by atoms with E-state index in [0.717, 1.165) is 38.0 Å². The van der Waals surface area contributed by atoms with Crippen molar-refractivity contribution in [2.45, 2.75) is 31.7 Å². The molecule has 1 fully saturated rings. The second-order valence-electron chi connectivity index (χ2n) is 5.79. The topological polar surface area (TPSA) is 49.8 Å². The molecule has 0 amide bonds. The van der Waals surface area contributed by atoms with E-state index in [1.54, 1.807) is 7.11 Å². The average molecular weight is 275 g/mol. The lowest BCUT2D eigenvalue weighted by molar-refractivity contribution is -0.144. The molecule has 2 aliphatic rings. The third-order valence-corrected chi connectivity index (χ3v) is 4.64. The monoisotopic (exact) mass is 275 g/mol. The van der Waals surface area contributed by atoms with Gasteiger partial charge in [-0.05, 0) is 55.5 Å². The number of methoxy groups -OCH3 is 1. The molecule has 1 N–H and O–H groups in total. The Morgan fingerprint density at radius 3 is 3.00 bits per heavy atom. The molecule has 0 saturated carbocycles. The van der Waals surface area contributed by atoms with Gasteiger partial charge in [0.1, 0.15) is 5.75 Å². The van der Waals surface area contributed by atoms with Crippen LogP contribution in [0.15, 0.2) is 18.2 Å². The van der Waals surface area contributed by atoms with E-state index in [1.165, 1.54) is 11.1 Å². The molecule has 4 heteroatoms. The maximum atomic E-state index is 11.2. The lowest BCUT2D eigenvalue weighted by atomic mass is 9.95. The van der Waals surface area contributed by atoms with Crippen LogP contribution in [-0.2, 0) is 11.2 Å². The van der Waals surface area contributed by atoms with Crippen molar-refractivity contribution < 1.29 is 14.6 Å². The zero-order valence-electron chi connectivity index (χ0n) is 11.8. The third kappa shape index (κ3) is 2.40. The van der Waals surface area contributed by atoms with Crippen LogP contribution in [0, 0.1) is 5.92 Å². The van der Waals surface area contributed by atoms with Crippen molar-refractivity contribution in [2.24, 2.45) is 5.92 Å². The van der Waals surface area contributed by atoms with Crippen LogP contribution in [0.3, 0.4) is 0 Å². The molecule has 0 radical (unpaired) electrons. The Kier molecular flexibility index (Phi) is 3.66. The Morgan fingerprint density at radius 2 is 2.25 bits per heavy atom. The molecule has 0 bridgehead atoms. The summed E-state index contributed by atoms with van der Waals surface area (Å²) in [5.41, 5.74) is 2.71. The minimum Gasteiger partial charge on any atom is -0.497 e. The van der Waals surface area contributed by atoms with Crippen molar-refractivity contribution in [1.82, 2.24) is 4.90 Å². The number of carboxylic acid groups (broad SMARTS) is 1. The summed E-state index contributed by atoms with van der Waals surface area (Å²) in [5.74, 6) is 0.0272. The molecule has 1 aromatic carbocycles. The summed E-state index contributed by atoms with van der Waals surface area (Å²) >= 11 is 0. The van der Waals surface area contributed by atoms with Crippen molar-refractivity contribution in [3.05, 3.63) is 29.3 Å². The molecule has 2 atom stereocenters. The molecule has 20 heavy (non-hydrogen) atoms. The first-order valence-electron chi connectivity index (χ1n) is 7.32. The van der Waals surface area contributed by atoms with E-state index in [0.29, 0.717) is 12.6 Å². The fourth-order valence-electron chi connectivity index (χ4n) is 3.56. The second kappa shape index (κ2) is 5.44. The number of benzene rings is 1. The van der Waals surface area contributed by atoms with Gasteiger partial charge in [0.05, 0.1) is 13.0 Å². The van der Waals surface area contributed by atoms with E-state index in [4.69, 9.17) is 4.74 Å². The van der Waals surface area contributed by atoms with Crippen molar-refractivity contribution in [3.63, 3.8) is 0 Å². The normalized spacial score (nSPS) is 26.2. The van der Waals surface area contributed by atoms with E-state index in [2.05, 4.69) is 17.0 Å². The highest BCUT2D eigenvalue weighted by atomic mass is 16.5. The zero-order chi connectivity index (χ0) is 14.1. The van der Waals surface area contributed by atoms with Gasteiger partial charge in [-0.1, -0.05) is 6.07 Å². The maximum Gasteiger partial charge on any atom is 0.307 e. The standard InChI is InChI=1S/C16H21NO3/c1-20-13-6-4-11-5-7-15(14(11)9-13)17-8-2-3-12(10-17)16(18)19/h4,6,9,12,15H,2-3,5,7-8,10H2,1H3,(H,18,19). The lowest BCUT2D eigenvalue weighted by Gasteiger charge is -2.35. The minimum atomic E-state index is -0.654. The van der Waals surface area contributed by atoms with Crippen LogP contribution in [0.2, 0.25) is 0 Å². The Labute approximate surface area is 119 Å². The van der Waals surface area contributed by atoms with Gasteiger partial charge in [-0.25, -0.2) is 0 Å². The molecule has 4 nitrogen and oxygen atoms in total. The highest BCUT2D eigenvalue weighted by Gasteiger charge is 2.33. The molecule has 1 heterocycles. The van der Waals surface area contributed by atoms with Crippen LogP contribution in [0.5, 0.6) is 5.75 Å². The quantitative estimate of drug-likeness (QED) is 0.920. The average Bonchev–Trinajstić information content (AvgIpc) is 2.90. The van der Waals surface area contributed by atoms with Crippen LogP contribution >= 0.6 is 0 Å². The molecule has 1 aliphatic heterocycles. The van der Waals surface area contributed by atoms with Crippen LogP contribution in [0.1, 0.15) is 36.4 Å². The van der Waals surface area contributed by atoms with Crippen LogP contribution in [0.25, 0.3) is 0 Å². The summed E-state index contributed by atoms with van der Waals surface area (Å²) in [6.45, 7) is 1.68. The van der Waals surface area contributed by atoms with E-state index >= 15 is 0 Å². The van der Waals surface area contributed by atoms with Gasteiger partial charge in [-0.3, -0.25) is 9.69 Å². The lowest BCUT2D eigenvalue weighted by Crippen LogP contribution is -2.40. The number of hydrogen-bond donors (Lipinski definition) is 1. The van der Waals surface area contributed by atoms with E-state index in [-0.39, 0.29) is 5.92 Å². The van der Waals surface area contributed by atoms with Gasteiger partial charge in [-0.15, -0.1) is 0 Å². The number of carboxylic acids is 1. The molecule has 3 rings (SSSR count). The number of fused-ring (bicyclic) bond motifs is 1. The van der Waals surface area contributed by atoms with E-state index in [1.807, 2.05) is 6.07 Å². The predicted molar refractivity (Wildman–Crippen MR) is 76.0 cm³/mol. The van der Waals surface area contributed by atoms with Crippen molar-refractivity contribution in [2.75, 3.05) is 20.2 Å². The summed E-state index contributed by atoms with van der Waals surface area (Å²) in [7, 11) is 1.69. The smallest absolute Gasteiger partial charge is 0.307 e. The minimum absolute atomic E-state index is 0.210. The number of ether oxygens (including phenoxy) is 1. The van der Waals surface area contributed by atoms with Gasteiger partial charge in [0.2, 0.25) is 0 Å². The maximum absolute atomic E-state index is 11.2.